The zero-order valence-electron chi connectivity index (χ0n) is 19.2. The molecule has 35 heavy (non-hydrogen) atoms. The average Bonchev–Trinajstić information content (AvgIpc) is 3.40. The molecule has 2 saturated heterocycles. The summed E-state index contributed by atoms with van der Waals surface area (Å²) < 4.78 is 18.0. The molecule has 0 spiro atoms. The van der Waals surface area contributed by atoms with Gasteiger partial charge >= 0.3 is 6.09 Å². The number of rotatable bonds is 4. The molecular formula is C25H24ClN5O4. The molecule has 9 nitrogen and oxygen atoms in total. The molecule has 3 aliphatic rings. The Hall–Kier alpha value is -3.35. The van der Waals surface area contributed by atoms with Crippen LogP contribution in [0.3, 0.4) is 0 Å². The summed E-state index contributed by atoms with van der Waals surface area (Å²) in [7, 11) is 0. The average molecular weight is 494 g/mol. The van der Waals surface area contributed by atoms with E-state index in [1.807, 2.05) is 19.2 Å². The van der Waals surface area contributed by atoms with Crippen LogP contribution in [0.25, 0.3) is 22.2 Å². The van der Waals surface area contributed by atoms with Gasteiger partial charge in [-0.2, -0.15) is 10.2 Å². The van der Waals surface area contributed by atoms with Gasteiger partial charge in [0.05, 0.1) is 24.8 Å². The van der Waals surface area contributed by atoms with E-state index in [-0.39, 0.29) is 29.6 Å². The Morgan fingerprint density at radius 1 is 1.26 bits per heavy atom. The number of aromatic nitrogens is 3. The summed E-state index contributed by atoms with van der Waals surface area (Å²) in [4.78, 5) is 26.6. The number of carbonyl (C=O) groups is 1. The van der Waals surface area contributed by atoms with E-state index < -0.39 is 0 Å². The van der Waals surface area contributed by atoms with Crippen molar-refractivity contribution >= 4 is 28.7 Å². The number of halogens is 1. The number of nitrogens with one attached hydrogen (secondary N) is 1. The number of carbonyl (C=O) groups excluding carboxylic acids is 1. The number of nitriles is 1. The molecule has 2 atom stereocenters. The third-order valence-electron chi connectivity index (χ3n) is 7.11. The molecule has 6 rings (SSSR count). The third-order valence-corrected chi connectivity index (χ3v) is 7.43. The van der Waals surface area contributed by atoms with Crippen LogP contribution in [0.4, 0.5) is 4.79 Å². The van der Waals surface area contributed by atoms with Gasteiger partial charge in [0.15, 0.2) is 0 Å². The van der Waals surface area contributed by atoms with Crippen LogP contribution in [-0.4, -0.2) is 64.0 Å². The van der Waals surface area contributed by atoms with Gasteiger partial charge in [-0.15, -0.1) is 0 Å². The molecule has 10 heteroatoms. The van der Waals surface area contributed by atoms with E-state index in [1.165, 1.54) is 6.33 Å². The Bertz CT molecular complexity index is 1330. The lowest BCUT2D eigenvalue weighted by Crippen LogP contribution is -2.59. The number of ether oxygens (including phenoxy) is 3. The van der Waals surface area contributed by atoms with Crippen molar-refractivity contribution in [1.82, 2.24) is 19.9 Å². The first-order valence-corrected chi connectivity index (χ1v) is 12.1. The highest BCUT2D eigenvalue weighted by atomic mass is 35.5. The van der Waals surface area contributed by atoms with E-state index in [0.29, 0.717) is 53.8 Å². The first kappa shape index (κ1) is 22.1. The zero-order valence-corrected chi connectivity index (χ0v) is 19.9. The van der Waals surface area contributed by atoms with Crippen molar-refractivity contribution in [2.24, 2.45) is 11.8 Å². The van der Waals surface area contributed by atoms with Gasteiger partial charge < -0.3 is 24.1 Å². The number of hydrogen-bond acceptors (Lipinski definition) is 7. The maximum Gasteiger partial charge on any atom is 0.410 e. The number of fused-ring (bicyclic) bond motifs is 3. The van der Waals surface area contributed by atoms with Crippen molar-refractivity contribution < 1.29 is 19.0 Å². The van der Waals surface area contributed by atoms with E-state index in [9.17, 15) is 4.79 Å². The number of nitrogens with zero attached hydrogens (tertiary/aromatic N) is 4. The van der Waals surface area contributed by atoms with Crippen molar-refractivity contribution in [3.63, 3.8) is 0 Å². The minimum atomic E-state index is -0.300. The van der Waals surface area contributed by atoms with Crippen LogP contribution in [-0.2, 0) is 9.47 Å². The van der Waals surface area contributed by atoms with Crippen LogP contribution in [0.1, 0.15) is 25.3 Å². The Kier molecular flexibility index (Phi) is 5.31. The van der Waals surface area contributed by atoms with E-state index in [0.717, 1.165) is 24.0 Å². The van der Waals surface area contributed by atoms with Crippen LogP contribution in [0.15, 0.2) is 30.7 Å². The Labute approximate surface area is 207 Å². The van der Waals surface area contributed by atoms with E-state index >= 15 is 0 Å². The van der Waals surface area contributed by atoms with Crippen molar-refractivity contribution in [1.29, 1.82) is 5.26 Å². The maximum atomic E-state index is 12.7. The number of amides is 1. The SMILES string of the molecule is CC1(OC(=O)N2CC3COCC(C2)C3Oc2ncnc3c(-c4ccc(C#N)cc4Cl)c[nH]c23)CC1. The third kappa shape index (κ3) is 4.07. The lowest BCUT2D eigenvalue weighted by molar-refractivity contribution is -0.111. The van der Waals surface area contributed by atoms with Crippen molar-refractivity contribution in [3.8, 4) is 23.1 Å². The molecule has 3 fully saturated rings. The zero-order chi connectivity index (χ0) is 24.2. The standard InChI is InChI=1S/C25H24ClN5O4/c1-25(4-5-25)35-24(32)31-9-15-11-33-12-16(10-31)22(15)34-23-21-20(29-13-30-23)18(8-28-21)17-3-2-14(7-27)6-19(17)26/h2-3,6,8,13,15-16,22,28H,4-5,9-12H2,1H3. The van der Waals surface area contributed by atoms with Gasteiger partial charge in [-0.3, -0.25) is 0 Å². The topological polar surface area (TPSA) is 113 Å². The summed E-state index contributed by atoms with van der Waals surface area (Å²) >= 11 is 6.45. The molecule has 1 aromatic carbocycles. The molecule has 4 heterocycles. The lowest BCUT2D eigenvalue weighted by atomic mass is 9.84. The predicted octanol–water partition coefficient (Wildman–Crippen LogP) is 4.16. The van der Waals surface area contributed by atoms with Crippen molar-refractivity contribution in [2.45, 2.75) is 31.5 Å². The van der Waals surface area contributed by atoms with Crippen molar-refractivity contribution in [2.75, 3.05) is 26.3 Å². The van der Waals surface area contributed by atoms with Gasteiger partial charge in [-0.1, -0.05) is 17.7 Å². The molecule has 2 aromatic heterocycles. The van der Waals surface area contributed by atoms with Crippen LogP contribution in [0.2, 0.25) is 5.02 Å². The predicted molar refractivity (Wildman–Crippen MR) is 127 cm³/mol. The highest BCUT2D eigenvalue weighted by Crippen LogP contribution is 2.41. The molecule has 3 aromatic rings. The first-order chi connectivity index (χ1) is 16.9. The molecule has 2 aliphatic heterocycles. The lowest BCUT2D eigenvalue weighted by Gasteiger charge is -2.46. The number of piperidine rings is 1. The fourth-order valence-corrected chi connectivity index (χ4v) is 5.22. The van der Waals surface area contributed by atoms with Gasteiger partial charge in [0.25, 0.3) is 0 Å². The second-order valence-corrected chi connectivity index (χ2v) is 10.2. The second kappa shape index (κ2) is 8.40. The minimum absolute atomic E-state index is 0.00878. The van der Waals surface area contributed by atoms with E-state index in [1.54, 1.807) is 17.0 Å². The molecule has 1 amide bonds. The number of benzene rings is 1. The molecule has 2 bridgehead atoms. The number of likely N-dealkylation sites (tertiary alicyclic amines) is 1. The number of H-pyrrole nitrogens is 1. The molecule has 0 radical (unpaired) electrons. The molecule has 1 N–H and O–H groups in total. The summed E-state index contributed by atoms with van der Waals surface area (Å²) in [6, 6.07) is 7.27. The highest BCUT2D eigenvalue weighted by Gasteiger charge is 2.47. The van der Waals surface area contributed by atoms with Gasteiger partial charge in [0.1, 0.15) is 29.1 Å². The summed E-state index contributed by atoms with van der Waals surface area (Å²) in [5.41, 5.74) is 3.12. The molecule has 180 valence electrons. The number of aromatic amines is 1. The quantitative estimate of drug-likeness (QED) is 0.580. The van der Waals surface area contributed by atoms with Gasteiger partial charge in [-0.05, 0) is 31.9 Å². The summed E-state index contributed by atoms with van der Waals surface area (Å²) in [5.74, 6) is 0.471. The minimum Gasteiger partial charge on any atom is -0.472 e. The van der Waals surface area contributed by atoms with E-state index in [4.69, 9.17) is 31.1 Å². The summed E-state index contributed by atoms with van der Waals surface area (Å²) in [5, 5.41) is 9.59. The van der Waals surface area contributed by atoms with Crippen LogP contribution in [0, 0.1) is 23.2 Å². The highest BCUT2D eigenvalue weighted by molar-refractivity contribution is 6.33. The van der Waals surface area contributed by atoms with Gasteiger partial charge in [0, 0.05) is 47.3 Å². The summed E-state index contributed by atoms with van der Waals surface area (Å²) in [6.45, 7) is 4.02. The smallest absolute Gasteiger partial charge is 0.410 e. The molecule has 2 unspecified atom stereocenters. The Morgan fingerprint density at radius 3 is 2.71 bits per heavy atom. The Balaban J connectivity index is 1.25. The van der Waals surface area contributed by atoms with Crippen molar-refractivity contribution in [3.05, 3.63) is 41.3 Å². The van der Waals surface area contributed by atoms with Gasteiger partial charge in [-0.25, -0.2) is 9.78 Å². The normalized spacial score (nSPS) is 24.6. The maximum absolute atomic E-state index is 12.7. The first-order valence-electron chi connectivity index (χ1n) is 11.7. The Morgan fingerprint density at radius 2 is 2.03 bits per heavy atom. The largest absolute Gasteiger partial charge is 0.472 e. The van der Waals surface area contributed by atoms with E-state index in [2.05, 4.69) is 21.0 Å². The molecular weight excluding hydrogens is 470 g/mol. The van der Waals surface area contributed by atoms with Gasteiger partial charge in [0.2, 0.25) is 5.88 Å². The fourth-order valence-electron chi connectivity index (χ4n) is 4.94. The molecule has 1 saturated carbocycles. The second-order valence-electron chi connectivity index (χ2n) is 9.77. The monoisotopic (exact) mass is 493 g/mol. The number of hydrogen-bond donors (Lipinski definition) is 1. The summed E-state index contributed by atoms with van der Waals surface area (Å²) in [6.07, 6.45) is 4.74. The van der Waals surface area contributed by atoms with Crippen LogP contribution >= 0.6 is 11.6 Å². The van der Waals surface area contributed by atoms with Crippen LogP contribution in [0.5, 0.6) is 5.88 Å². The fraction of sp³-hybridized carbons (Fsp3) is 0.440. The van der Waals surface area contributed by atoms with Crippen LogP contribution < -0.4 is 4.74 Å². The molecule has 1 aliphatic carbocycles.